The minimum Gasteiger partial charge on any atom is -0.481 e. The van der Waals surface area contributed by atoms with E-state index in [1.54, 1.807) is 6.20 Å². The van der Waals surface area contributed by atoms with E-state index in [2.05, 4.69) is 18.8 Å². The van der Waals surface area contributed by atoms with Crippen molar-refractivity contribution >= 4 is 11.7 Å². The van der Waals surface area contributed by atoms with Crippen molar-refractivity contribution in [1.29, 1.82) is 0 Å². The number of nitrogens with zero attached hydrogens (tertiary/aromatic N) is 1. The standard InChI is InChI=1S/C19H24N2O2/c1-3-19(4-2,12-11-17(22)23)18-15(9-7-13-21-18)14-8-5-6-10-16(14)20/h5-10,13H,3-4,11-12,20H2,1-2H3,(H,22,23). The summed E-state index contributed by atoms with van der Waals surface area (Å²) in [7, 11) is 0. The van der Waals surface area contributed by atoms with E-state index in [-0.39, 0.29) is 11.8 Å². The molecule has 4 nitrogen and oxygen atoms in total. The van der Waals surface area contributed by atoms with Gasteiger partial charge in [-0.15, -0.1) is 0 Å². The first-order valence-corrected chi connectivity index (χ1v) is 8.06. The number of aliphatic carboxylic acids is 1. The van der Waals surface area contributed by atoms with Crippen LogP contribution < -0.4 is 5.73 Å². The van der Waals surface area contributed by atoms with Gasteiger partial charge in [0.1, 0.15) is 0 Å². The lowest BCUT2D eigenvalue weighted by molar-refractivity contribution is -0.137. The molecule has 0 aliphatic heterocycles. The second-order valence-corrected chi connectivity index (χ2v) is 5.87. The molecule has 122 valence electrons. The van der Waals surface area contributed by atoms with Crippen molar-refractivity contribution in [2.75, 3.05) is 5.73 Å². The van der Waals surface area contributed by atoms with Gasteiger partial charge < -0.3 is 10.8 Å². The van der Waals surface area contributed by atoms with Crippen LogP contribution in [0.4, 0.5) is 5.69 Å². The van der Waals surface area contributed by atoms with Crippen LogP contribution in [0.25, 0.3) is 11.1 Å². The number of para-hydroxylation sites is 1. The van der Waals surface area contributed by atoms with Crippen LogP contribution in [-0.2, 0) is 10.2 Å². The van der Waals surface area contributed by atoms with Gasteiger partial charge in [-0.1, -0.05) is 38.1 Å². The number of carbonyl (C=O) groups is 1. The number of hydrogen-bond donors (Lipinski definition) is 2. The van der Waals surface area contributed by atoms with Crippen LogP contribution in [0.5, 0.6) is 0 Å². The monoisotopic (exact) mass is 312 g/mol. The zero-order chi connectivity index (χ0) is 16.9. The second kappa shape index (κ2) is 7.27. The van der Waals surface area contributed by atoms with Crippen molar-refractivity contribution < 1.29 is 9.90 Å². The molecule has 0 saturated carbocycles. The highest BCUT2D eigenvalue weighted by molar-refractivity contribution is 5.78. The molecule has 2 aromatic rings. The Hall–Kier alpha value is -2.36. The summed E-state index contributed by atoms with van der Waals surface area (Å²) in [5.41, 5.74) is 9.51. The van der Waals surface area contributed by atoms with Gasteiger partial charge in [0.25, 0.3) is 0 Å². The Balaban J connectivity index is 2.57. The maximum atomic E-state index is 11.1. The summed E-state index contributed by atoms with van der Waals surface area (Å²) in [6, 6.07) is 11.7. The van der Waals surface area contributed by atoms with Crippen LogP contribution in [0.15, 0.2) is 42.6 Å². The zero-order valence-electron chi connectivity index (χ0n) is 13.7. The predicted octanol–water partition coefficient (Wildman–Crippen LogP) is 4.25. The van der Waals surface area contributed by atoms with Crippen LogP contribution in [0.1, 0.15) is 45.2 Å². The molecule has 1 aromatic carbocycles. The zero-order valence-corrected chi connectivity index (χ0v) is 13.7. The number of nitrogen functional groups attached to an aromatic ring is 1. The summed E-state index contributed by atoms with van der Waals surface area (Å²) in [6.45, 7) is 4.19. The highest BCUT2D eigenvalue weighted by Crippen LogP contribution is 2.41. The number of carboxylic acid groups (broad SMARTS) is 1. The molecule has 0 radical (unpaired) electrons. The lowest BCUT2D eigenvalue weighted by Crippen LogP contribution is -2.27. The molecule has 4 heteroatoms. The summed E-state index contributed by atoms with van der Waals surface area (Å²) in [5.74, 6) is -0.770. The maximum absolute atomic E-state index is 11.1. The van der Waals surface area contributed by atoms with Crippen molar-refractivity contribution in [1.82, 2.24) is 4.98 Å². The molecule has 0 aliphatic carbocycles. The average Bonchev–Trinajstić information content (AvgIpc) is 2.57. The third-order valence-electron chi connectivity index (χ3n) is 4.73. The van der Waals surface area contributed by atoms with Crippen molar-refractivity contribution in [2.45, 2.75) is 44.9 Å². The normalized spacial score (nSPS) is 11.4. The molecule has 0 bridgehead atoms. The summed E-state index contributed by atoms with van der Waals surface area (Å²) >= 11 is 0. The van der Waals surface area contributed by atoms with Crippen molar-refractivity contribution in [3.05, 3.63) is 48.3 Å². The van der Waals surface area contributed by atoms with E-state index in [0.717, 1.165) is 29.7 Å². The van der Waals surface area contributed by atoms with Crippen molar-refractivity contribution in [2.24, 2.45) is 0 Å². The quantitative estimate of drug-likeness (QED) is 0.749. The van der Waals surface area contributed by atoms with Crippen molar-refractivity contribution in [3.63, 3.8) is 0 Å². The Morgan fingerprint density at radius 3 is 2.39 bits per heavy atom. The van der Waals surface area contributed by atoms with Gasteiger partial charge in [0.05, 0.1) is 5.69 Å². The summed E-state index contributed by atoms with van der Waals surface area (Å²) < 4.78 is 0. The third kappa shape index (κ3) is 3.52. The maximum Gasteiger partial charge on any atom is 0.303 e. The highest BCUT2D eigenvalue weighted by atomic mass is 16.4. The van der Waals surface area contributed by atoms with Gasteiger partial charge in [-0.05, 0) is 31.4 Å². The number of aromatic nitrogens is 1. The molecule has 0 aliphatic rings. The van der Waals surface area contributed by atoms with E-state index in [9.17, 15) is 4.79 Å². The van der Waals surface area contributed by atoms with Gasteiger partial charge >= 0.3 is 5.97 Å². The Morgan fingerprint density at radius 2 is 1.78 bits per heavy atom. The number of benzene rings is 1. The van der Waals surface area contributed by atoms with E-state index in [0.29, 0.717) is 12.1 Å². The van der Waals surface area contributed by atoms with E-state index in [1.807, 2.05) is 36.4 Å². The molecule has 23 heavy (non-hydrogen) atoms. The largest absolute Gasteiger partial charge is 0.481 e. The smallest absolute Gasteiger partial charge is 0.303 e. The molecule has 0 spiro atoms. The summed E-state index contributed by atoms with van der Waals surface area (Å²) in [5, 5.41) is 9.10. The average molecular weight is 312 g/mol. The fourth-order valence-corrected chi connectivity index (χ4v) is 3.19. The fraction of sp³-hybridized carbons (Fsp3) is 0.368. The van der Waals surface area contributed by atoms with E-state index >= 15 is 0 Å². The molecular formula is C19H24N2O2. The lowest BCUT2D eigenvalue weighted by atomic mass is 9.73. The van der Waals surface area contributed by atoms with Crippen LogP contribution in [0.2, 0.25) is 0 Å². The minimum atomic E-state index is -0.770. The number of pyridine rings is 1. The van der Waals surface area contributed by atoms with Gasteiger partial charge in [-0.25, -0.2) is 0 Å². The topological polar surface area (TPSA) is 76.2 Å². The van der Waals surface area contributed by atoms with Gasteiger partial charge in [0, 0.05) is 34.8 Å². The number of nitrogens with two attached hydrogens (primary N) is 1. The Kier molecular flexibility index (Phi) is 5.37. The number of rotatable bonds is 7. The van der Waals surface area contributed by atoms with Gasteiger partial charge in [0.2, 0.25) is 0 Å². The second-order valence-electron chi connectivity index (χ2n) is 5.87. The van der Waals surface area contributed by atoms with E-state index in [4.69, 9.17) is 10.8 Å². The predicted molar refractivity (Wildman–Crippen MR) is 93.2 cm³/mol. The summed E-state index contributed by atoms with van der Waals surface area (Å²) in [4.78, 5) is 15.7. The molecular weight excluding hydrogens is 288 g/mol. The molecule has 0 fully saturated rings. The molecule has 2 rings (SSSR count). The number of carboxylic acids is 1. The van der Waals surface area contributed by atoms with Crippen LogP contribution in [0.3, 0.4) is 0 Å². The van der Waals surface area contributed by atoms with Crippen LogP contribution in [-0.4, -0.2) is 16.1 Å². The molecule has 3 N–H and O–H groups in total. The number of hydrogen-bond acceptors (Lipinski definition) is 3. The fourth-order valence-electron chi connectivity index (χ4n) is 3.19. The first-order chi connectivity index (χ1) is 11.0. The first kappa shape index (κ1) is 17.0. The Bertz CT molecular complexity index is 679. The first-order valence-electron chi connectivity index (χ1n) is 8.06. The molecule has 0 amide bonds. The molecule has 1 heterocycles. The molecule has 0 saturated heterocycles. The van der Waals surface area contributed by atoms with Gasteiger partial charge in [-0.2, -0.15) is 0 Å². The third-order valence-corrected chi connectivity index (χ3v) is 4.73. The SMILES string of the molecule is CCC(CC)(CCC(=O)O)c1ncccc1-c1ccccc1N. The van der Waals surface area contributed by atoms with Crippen LogP contribution >= 0.6 is 0 Å². The van der Waals surface area contributed by atoms with E-state index in [1.165, 1.54) is 0 Å². The van der Waals surface area contributed by atoms with Gasteiger partial charge in [-0.3, -0.25) is 9.78 Å². The summed E-state index contributed by atoms with van der Waals surface area (Å²) in [6.07, 6.45) is 4.17. The molecule has 0 unspecified atom stereocenters. The molecule has 0 atom stereocenters. The minimum absolute atomic E-state index is 0.141. The molecule has 1 aromatic heterocycles. The van der Waals surface area contributed by atoms with Gasteiger partial charge in [0.15, 0.2) is 0 Å². The van der Waals surface area contributed by atoms with E-state index < -0.39 is 5.97 Å². The number of anilines is 1. The Morgan fingerprint density at radius 1 is 1.13 bits per heavy atom. The lowest BCUT2D eigenvalue weighted by Gasteiger charge is -2.33. The van der Waals surface area contributed by atoms with Crippen molar-refractivity contribution in [3.8, 4) is 11.1 Å². The Labute approximate surface area is 137 Å². The van der Waals surface area contributed by atoms with Crippen LogP contribution in [0, 0.1) is 0 Å². The highest BCUT2D eigenvalue weighted by Gasteiger charge is 2.33.